The van der Waals surface area contributed by atoms with Crippen LogP contribution >= 0.6 is 23.2 Å². The van der Waals surface area contributed by atoms with E-state index in [2.05, 4.69) is 12.1 Å². The summed E-state index contributed by atoms with van der Waals surface area (Å²) < 4.78 is 0. The van der Waals surface area contributed by atoms with E-state index in [0.717, 1.165) is 45.4 Å². The Kier molecular flexibility index (Phi) is 5.69. The van der Waals surface area contributed by atoms with Crippen molar-refractivity contribution in [3.05, 3.63) is 124 Å². The van der Waals surface area contributed by atoms with Gasteiger partial charge in [0.1, 0.15) is 0 Å². The molecular formula is C29H20Cl2N4. The number of nitrogens with zero attached hydrogens (tertiary/aromatic N) is 4. The van der Waals surface area contributed by atoms with Gasteiger partial charge in [-0.2, -0.15) is 5.10 Å². The molecule has 0 spiro atoms. The predicted molar refractivity (Wildman–Crippen MR) is 144 cm³/mol. The first-order chi connectivity index (χ1) is 17.2. The second kappa shape index (κ2) is 9.14. The lowest BCUT2D eigenvalue weighted by Crippen LogP contribution is -2.21. The third kappa shape index (κ3) is 4.27. The van der Waals surface area contributed by atoms with E-state index < -0.39 is 0 Å². The Morgan fingerprint density at radius 2 is 1.34 bits per heavy atom. The first-order valence-corrected chi connectivity index (χ1v) is 12.1. The molecule has 0 fully saturated rings. The third-order valence-corrected chi connectivity index (χ3v) is 6.66. The predicted octanol–water partition coefficient (Wildman–Crippen LogP) is 7.96. The van der Waals surface area contributed by atoms with E-state index in [4.69, 9.17) is 38.3 Å². The number of hydrogen-bond acceptors (Lipinski definition) is 4. The molecular weight excluding hydrogens is 475 g/mol. The lowest BCUT2D eigenvalue weighted by molar-refractivity contribution is 0.689. The summed E-state index contributed by atoms with van der Waals surface area (Å²) in [5.41, 5.74) is 5.82. The quantitative estimate of drug-likeness (QED) is 0.254. The van der Waals surface area contributed by atoms with Gasteiger partial charge in [-0.05, 0) is 41.5 Å². The fourth-order valence-corrected chi connectivity index (χ4v) is 4.75. The number of halogens is 2. The van der Waals surface area contributed by atoms with Crippen LogP contribution in [0, 0.1) is 0 Å². The van der Waals surface area contributed by atoms with Crippen molar-refractivity contribution < 1.29 is 0 Å². The molecule has 0 aliphatic carbocycles. The Labute approximate surface area is 213 Å². The fraction of sp³-hybridized carbons (Fsp3) is 0.0690. The largest absolute Gasteiger partial charge is 0.247 e. The van der Waals surface area contributed by atoms with Gasteiger partial charge < -0.3 is 0 Å². The number of hydrazone groups is 1. The first-order valence-electron chi connectivity index (χ1n) is 11.4. The zero-order valence-corrected chi connectivity index (χ0v) is 20.2. The molecule has 0 radical (unpaired) electrons. The zero-order chi connectivity index (χ0) is 23.8. The fourth-order valence-electron chi connectivity index (χ4n) is 4.45. The van der Waals surface area contributed by atoms with Crippen LogP contribution in [0.2, 0.25) is 10.0 Å². The van der Waals surface area contributed by atoms with Gasteiger partial charge in [0.05, 0.1) is 23.0 Å². The zero-order valence-electron chi connectivity index (χ0n) is 18.6. The summed E-state index contributed by atoms with van der Waals surface area (Å²) >= 11 is 12.5. The molecule has 170 valence electrons. The molecule has 4 aromatic carbocycles. The second-order valence-corrected chi connectivity index (χ2v) is 9.30. The summed E-state index contributed by atoms with van der Waals surface area (Å²) in [5, 5.41) is 9.23. The summed E-state index contributed by atoms with van der Waals surface area (Å²) in [6.07, 6.45) is 0.730. The van der Waals surface area contributed by atoms with Crippen molar-refractivity contribution in [3.8, 4) is 11.3 Å². The molecule has 35 heavy (non-hydrogen) atoms. The Balaban J connectivity index is 1.54. The summed E-state index contributed by atoms with van der Waals surface area (Å²) in [4.78, 5) is 9.97. The van der Waals surface area contributed by atoms with E-state index >= 15 is 0 Å². The Morgan fingerprint density at radius 1 is 0.686 bits per heavy atom. The van der Waals surface area contributed by atoms with Crippen LogP contribution < -0.4 is 5.01 Å². The molecule has 0 bridgehead atoms. The Morgan fingerprint density at radius 3 is 2.06 bits per heavy atom. The molecule has 1 aliphatic rings. The van der Waals surface area contributed by atoms with Gasteiger partial charge in [0.15, 0.2) is 0 Å². The molecule has 4 nitrogen and oxygen atoms in total. The highest BCUT2D eigenvalue weighted by Gasteiger charge is 2.32. The van der Waals surface area contributed by atoms with Crippen molar-refractivity contribution >= 4 is 45.8 Å². The van der Waals surface area contributed by atoms with Crippen LogP contribution in [0.3, 0.4) is 0 Å². The normalized spacial score (nSPS) is 15.4. The van der Waals surface area contributed by atoms with Crippen molar-refractivity contribution in [2.45, 2.75) is 12.5 Å². The van der Waals surface area contributed by atoms with Crippen molar-refractivity contribution in [2.75, 3.05) is 5.01 Å². The smallest absolute Gasteiger partial charge is 0.223 e. The van der Waals surface area contributed by atoms with Crippen molar-refractivity contribution in [1.29, 1.82) is 0 Å². The minimum Gasteiger partial charge on any atom is -0.223 e. The molecule has 0 unspecified atom stereocenters. The van der Waals surface area contributed by atoms with Crippen molar-refractivity contribution in [1.82, 2.24) is 9.97 Å². The maximum atomic E-state index is 6.35. The van der Waals surface area contributed by atoms with Gasteiger partial charge in [-0.25, -0.2) is 15.0 Å². The minimum absolute atomic E-state index is 0.0594. The highest BCUT2D eigenvalue weighted by Crippen LogP contribution is 2.38. The number of fused-ring (bicyclic) bond motifs is 1. The SMILES string of the molecule is Clc1ccc([C@@H]2CC(c3ccccc3)=NN2c2nc(-c3ccccc3)c3cc(Cl)ccc3n2)cc1. The highest BCUT2D eigenvalue weighted by atomic mass is 35.5. The van der Waals surface area contributed by atoms with Crippen LogP contribution in [-0.2, 0) is 0 Å². The molecule has 1 aromatic heterocycles. The van der Waals surface area contributed by atoms with E-state index in [9.17, 15) is 0 Å². The van der Waals surface area contributed by atoms with Gasteiger partial charge in [0.2, 0.25) is 5.95 Å². The number of anilines is 1. The van der Waals surface area contributed by atoms with Crippen molar-refractivity contribution in [2.24, 2.45) is 5.10 Å². The third-order valence-electron chi connectivity index (χ3n) is 6.17. The lowest BCUT2D eigenvalue weighted by atomic mass is 9.98. The monoisotopic (exact) mass is 494 g/mol. The summed E-state index contributed by atoms with van der Waals surface area (Å²) in [5.74, 6) is 0.546. The highest BCUT2D eigenvalue weighted by molar-refractivity contribution is 6.31. The van der Waals surface area contributed by atoms with Gasteiger partial charge in [0, 0.05) is 27.4 Å². The average Bonchev–Trinajstić information content (AvgIpc) is 3.35. The van der Waals surface area contributed by atoms with Gasteiger partial charge in [-0.1, -0.05) is 96.0 Å². The Bertz CT molecular complexity index is 1530. The molecule has 6 heteroatoms. The minimum atomic E-state index is -0.0594. The number of rotatable bonds is 4. The van der Waals surface area contributed by atoms with Gasteiger partial charge in [0.25, 0.3) is 0 Å². The Hall–Kier alpha value is -3.73. The van der Waals surface area contributed by atoms with Gasteiger partial charge in [-0.3, -0.25) is 0 Å². The molecule has 1 aliphatic heterocycles. The summed E-state index contributed by atoms with van der Waals surface area (Å²) in [6, 6.07) is 33.9. The van der Waals surface area contributed by atoms with Crippen LogP contribution in [0.5, 0.6) is 0 Å². The van der Waals surface area contributed by atoms with Gasteiger partial charge in [-0.15, -0.1) is 0 Å². The van der Waals surface area contributed by atoms with Crippen LogP contribution in [0.15, 0.2) is 108 Å². The number of aromatic nitrogens is 2. The molecule has 0 saturated carbocycles. The van der Waals surface area contributed by atoms with Crippen LogP contribution in [0.4, 0.5) is 5.95 Å². The van der Waals surface area contributed by atoms with E-state index in [0.29, 0.717) is 16.0 Å². The molecule has 0 saturated heterocycles. The second-order valence-electron chi connectivity index (χ2n) is 8.43. The number of hydrogen-bond donors (Lipinski definition) is 0. The maximum Gasteiger partial charge on any atom is 0.247 e. The van der Waals surface area contributed by atoms with Crippen molar-refractivity contribution in [3.63, 3.8) is 0 Å². The molecule has 2 heterocycles. The first kappa shape index (κ1) is 21.8. The summed E-state index contributed by atoms with van der Waals surface area (Å²) in [7, 11) is 0. The molecule has 0 N–H and O–H groups in total. The van der Waals surface area contributed by atoms with E-state index in [1.165, 1.54) is 0 Å². The van der Waals surface area contributed by atoms with Crippen LogP contribution in [-0.4, -0.2) is 15.7 Å². The maximum absolute atomic E-state index is 6.35. The molecule has 5 aromatic rings. The van der Waals surface area contributed by atoms with E-state index in [-0.39, 0.29) is 6.04 Å². The molecule has 0 amide bonds. The van der Waals surface area contributed by atoms with E-state index in [1.807, 2.05) is 96.0 Å². The number of benzene rings is 4. The topological polar surface area (TPSA) is 41.4 Å². The van der Waals surface area contributed by atoms with Crippen LogP contribution in [0.1, 0.15) is 23.6 Å². The summed E-state index contributed by atoms with van der Waals surface area (Å²) in [6.45, 7) is 0. The molecule has 1 atom stereocenters. The van der Waals surface area contributed by atoms with Crippen LogP contribution in [0.25, 0.3) is 22.2 Å². The van der Waals surface area contributed by atoms with Gasteiger partial charge >= 0.3 is 0 Å². The van der Waals surface area contributed by atoms with E-state index in [1.54, 1.807) is 0 Å². The standard InChI is InChI=1S/C29H20Cl2N4/c30-22-13-11-20(12-14-22)27-18-26(19-7-3-1-4-8-19)34-35(27)29-32-25-16-15-23(31)17-24(25)28(33-29)21-9-5-2-6-10-21/h1-17,27H,18H2/t27-/m0/s1. The molecule has 6 rings (SSSR count). The average molecular weight is 495 g/mol. The lowest BCUT2D eigenvalue weighted by Gasteiger charge is -2.23.